The highest BCUT2D eigenvalue weighted by molar-refractivity contribution is 6.05. The van der Waals surface area contributed by atoms with Crippen LogP contribution in [0.3, 0.4) is 0 Å². The number of hydrogen-bond donors (Lipinski definition) is 2. The van der Waals surface area contributed by atoms with Crippen molar-refractivity contribution in [2.24, 2.45) is 5.92 Å². The predicted molar refractivity (Wildman–Crippen MR) is 134 cm³/mol. The molecule has 3 fully saturated rings. The fraction of sp³-hybridized carbons (Fsp3) is 0.481. The summed E-state index contributed by atoms with van der Waals surface area (Å²) in [7, 11) is 0. The Morgan fingerprint density at radius 2 is 2.00 bits per heavy atom. The van der Waals surface area contributed by atoms with E-state index in [0.717, 1.165) is 31.2 Å². The van der Waals surface area contributed by atoms with Crippen molar-refractivity contribution in [1.82, 2.24) is 24.8 Å². The number of benzene rings is 1. The molecule has 9 nitrogen and oxygen atoms in total. The monoisotopic (exact) mass is 522 g/mol. The molecule has 3 heterocycles. The lowest BCUT2D eigenvalue weighted by molar-refractivity contribution is -0.134. The minimum absolute atomic E-state index is 0.0898. The topological polar surface area (TPSA) is 115 Å². The van der Waals surface area contributed by atoms with Gasteiger partial charge in [-0.1, -0.05) is 0 Å². The summed E-state index contributed by atoms with van der Waals surface area (Å²) in [5, 5.41) is 7.16. The minimum atomic E-state index is -2.74. The van der Waals surface area contributed by atoms with Crippen LogP contribution in [0.2, 0.25) is 0 Å². The summed E-state index contributed by atoms with van der Waals surface area (Å²) in [6.45, 7) is 2.48. The number of fused-ring (bicyclic) bond motifs is 2. The second kappa shape index (κ2) is 8.12. The number of hydrogen-bond acceptors (Lipinski definition) is 6. The molecule has 3 aromatic rings. The van der Waals surface area contributed by atoms with Crippen molar-refractivity contribution in [3.63, 3.8) is 0 Å². The molecule has 198 valence electrons. The number of rotatable bonds is 7. The third-order valence-corrected chi connectivity index (χ3v) is 8.09. The van der Waals surface area contributed by atoms with Crippen LogP contribution in [0.25, 0.3) is 16.9 Å². The molecule has 1 unspecified atom stereocenters. The Morgan fingerprint density at radius 3 is 2.68 bits per heavy atom. The van der Waals surface area contributed by atoms with E-state index in [-0.39, 0.29) is 48.1 Å². The smallest absolute Gasteiger partial charge is 0.259 e. The number of carbonyl (C=O) groups is 2. The molecule has 0 radical (unpaired) electrons. The number of nitrogens with zero attached hydrogens (tertiary/aromatic N) is 4. The number of amides is 2. The molecule has 0 bridgehead atoms. The van der Waals surface area contributed by atoms with Crippen molar-refractivity contribution in [2.75, 3.05) is 5.73 Å². The molecule has 2 amide bonds. The summed E-state index contributed by atoms with van der Waals surface area (Å²) >= 11 is 0. The second-order valence-electron chi connectivity index (χ2n) is 11.1. The molecule has 1 aromatic carbocycles. The molecule has 3 aliphatic carbocycles. The van der Waals surface area contributed by atoms with Gasteiger partial charge in [0.2, 0.25) is 0 Å². The number of halogens is 2. The second-order valence-corrected chi connectivity index (χ2v) is 11.1. The number of aromatic nitrogens is 3. The SMILES string of the molecule is CC(C1CC1)N1Cc2cc(-c3ccn4nc(N)c(C(=O)NC5CC5)c4n3)cc(OC3CC(F)(F)C3)c2C1=O. The van der Waals surface area contributed by atoms with E-state index in [4.69, 9.17) is 15.5 Å². The van der Waals surface area contributed by atoms with Gasteiger partial charge in [-0.25, -0.2) is 18.3 Å². The number of nitrogens with one attached hydrogen (secondary N) is 1. The molecule has 1 atom stereocenters. The van der Waals surface area contributed by atoms with Crippen LogP contribution in [0, 0.1) is 5.92 Å². The van der Waals surface area contributed by atoms with Gasteiger partial charge in [-0.3, -0.25) is 9.59 Å². The summed E-state index contributed by atoms with van der Waals surface area (Å²) in [6.07, 6.45) is 4.34. The molecule has 4 aliphatic rings. The van der Waals surface area contributed by atoms with Crippen molar-refractivity contribution in [3.05, 3.63) is 41.1 Å². The lowest BCUT2D eigenvalue weighted by Crippen LogP contribution is -2.43. The number of alkyl halides is 2. The van der Waals surface area contributed by atoms with Crippen LogP contribution < -0.4 is 15.8 Å². The molecule has 3 N–H and O–H groups in total. The van der Waals surface area contributed by atoms with E-state index in [1.54, 1.807) is 18.3 Å². The third-order valence-electron chi connectivity index (χ3n) is 8.09. The van der Waals surface area contributed by atoms with Gasteiger partial charge < -0.3 is 20.7 Å². The van der Waals surface area contributed by atoms with Crippen LogP contribution in [0.5, 0.6) is 5.75 Å². The van der Waals surface area contributed by atoms with Crippen molar-refractivity contribution >= 4 is 23.3 Å². The van der Waals surface area contributed by atoms with E-state index >= 15 is 0 Å². The van der Waals surface area contributed by atoms with E-state index in [0.29, 0.717) is 40.7 Å². The van der Waals surface area contributed by atoms with Gasteiger partial charge >= 0.3 is 0 Å². The van der Waals surface area contributed by atoms with E-state index < -0.39 is 12.0 Å². The van der Waals surface area contributed by atoms with Gasteiger partial charge in [0.1, 0.15) is 17.4 Å². The molecule has 11 heteroatoms. The molecule has 7 rings (SSSR count). The van der Waals surface area contributed by atoms with E-state index in [1.165, 1.54) is 4.52 Å². The lowest BCUT2D eigenvalue weighted by Gasteiger charge is -2.35. The highest BCUT2D eigenvalue weighted by atomic mass is 19.3. The number of nitrogens with two attached hydrogens (primary N) is 1. The summed E-state index contributed by atoms with van der Waals surface area (Å²) in [5.41, 5.74) is 9.02. The van der Waals surface area contributed by atoms with Crippen LogP contribution in [0.1, 0.15) is 71.7 Å². The summed E-state index contributed by atoms with van der Waals surface area (Å²) in [4.78, 5) is 32.9. The molecule has 0 saturated heterocycles. The van der Waals surface area contributed by atoms with Gasteiger partial charge in [0.15, 0.2) is 11.5 Å². The zero-order chi connectivity index (χ0) is 26.3. The Morgan fingerprint density at radius 1 is 1.24 bits per heavy atom. The Bertz CT molecular complexity index is 1490. The summed E-state index contributed by atoms with van der Waals surface area (Å²) in [5.74, 6) is -2.31. The minimum Gasteiger partial charge on any atom is -0.489 e. The zero-order valence-corrected chi connectivity index (χ0v) is 20.9. The Labute approximate surface area is 217 Å². The van der Waals surface area contributed by atoms with Gasteiger partial charge in [-0.05, 0) is 62.3 Å². The Kier molecular flexibility index (Phi) is 4.99. The number of nitrogen functional groups attached to an aromatic ring is 1. The molecule has 38 heavy (non-hydrogen) atoms. The average molecular weight is 523 g/mol. The number of ether oxygens (including phenoxy) is 1. The third kappa shape index (κ3) is 3.95. The molecule has 0 spiro atoms. The molecule has 2 aromatic heterocycles. The van der Waals surface area contributed by atoms with E-state index in [2.05, 4.69) is 17.3 Å². The van der Waals surface area contributed by atoms with Crippen molar-refractivity contribution < 1.29 is 23.1 Å². The Balaban J connectivity index is 1.28. The molecule has 3 saturated carbocycles. The first kappa shape index (κ1) is 23.4. The fourth-order valence-corrected chi connectivity index (χ4v) is 5.52. The molecular formula is C27H28F2N6O3. The number of anilines is 1. The standard InChI is InChI=1S/C27H28F2N6O3/c1-13(14-2-3-14)34-12-16-8-15(9-20(21(16)26(34)37)38-18-10-27(28,29)11-18)19-6-7-35-24(32-19)22(23(30)33-35)25(36)31-17-4-5-17/h6-9,13-14,17-18H,2-5,10-12H2,1H3,(H2,30,33)(H,31,36). The van der Waals surface area contributed by atoms with Gasteiger partial charge in [0.05, 0.1) is 11.3 Å². The van der Waals surface area contributed by atoms with Crippen molar-refractivity contribution in [2.45, 2.75) is 76.1 Å². The first-order valence-electron chi connectivity index (χ1n) is 13.2. The highest BCUT2D eigenvalue weighted by Gasteiger charge is 2.48. The maximum Gasteiger partial charge on any atom is 0.259 e. The quantitative estimate of drug-likeness (QED) is 0.488. The largest absolute Gasteiger partial charge is 0.489 e. The van der Waals surface area contributed by atoms with Crippen molar-refractivity contribution in [1.29, 1.82) is 0 Å². The number of carbonyl (C=O) groups excluding carboxylic acids is 2. The lowest BCUT2D eigenvalue weighted by atomic mass is 9.90. The van der Waals surface area contributed by atoms with Gasteiger partial charge in [0.25, 0.3) is 17.7 Å². The van der Waals surface area contributed by atoms with Crippen LogP contribution in [0.15, 0.2) is 24.4 Å². The van der Waals surface area contributed by atoms with Gasteiger partial charge in [-0.2, -0.15) is 0 Å². The Hall–Kier alpha value is -3.76. The van der Waals surface area contributed by atoms with Crippen molar-refractivity contribution in [3.8, 4) is 17.0 Å². The van der Waals surface area contributed by atoms with Crippen LogP contribution in [-0.4, -0.2) is 55.4 Å². The normalized spacial score (nSPS) is 21.3. The van der Waals surface area contributed by atoms with Crippen LogP contribution >= 0.6 is 0 Å². The summed E-state index contributed by atoms with van der Waals surface area (Å²) < 4.78 is 34.6. The van der Waals surface area contributed by atoms with Crippen LogP contribution in [-0.2, 0) is 6.54 Å². The maximum atomic E-state index is 13.6. The zero-order valence-electron chi connectivity index (χ0n) is 20.9. The fourth-order valence-electron chi connectivity index (χ4n) is 5.52. The first-order valence-corrected chi connectivity index (χ1v) is 13.2. The molecule has 1 aliphatic heterocycles. The molecular weight excluding hydrogens is 494 g/mol. The van der Waals surface area contributed by atoms with Gasteiger partial charge in [-0.15, -0.1) is 5.10 Å². The maximum absolute atomic E-state index is 13.6. The van der Waals surface area contributed by atoms with Crippen LogP contribution in [0.4, 0.5) is 14.6 Å². The summed E-state index contributed by atoms with van der Waals surface area (Å²) in [6, 6.07) is 5.58. The average Bonchev–Trinajstić information content (AvgIpc) is 3.77. The first-order chi connectivity index (χ1) is 18.2. The van der Waals surface area contributed by atoms with E-state index in [9.17, 15) is 18.4 Å². The predicted octanol–water partition coefficient (Wildman–Crippen LogP) is 3.80. The highest BCUT2D eigenvalue weighted by Crippen LogP contribution is 2.44. The van der Waals surface area contributed by atoms with E-state index in [1.807, 2.05) is 11.0 Å². The van der Waals surface area contributed by atoms with Gasteiger partial charge in [0, 0.05) is 43.2 Å².